The number of rotatable bonds is 5. The summed E-state index contributed by atoms with van der Waals surface area (Å²) in [6.45, 7) is 6.18. The number of carbonyl (C=O) groups is 2. The summed E-state index contributed by atoms with van der Waals surface area (Å²) >= 11 is 6.00. The molecule has 0 saturated carbocycles. The van der Waals surface area contributed by atoms with Gasteiger partial charge in [-0.3, -0.25) is 14.5 Å². The first kappa shape index (κ1) is 28.0. The van der Waals surface area contributed by atoms with Crippen LogP contribution in [0.3, 0.4) is 0 Å². The fourth-order valence-corrected chi connectivity index (χ4v) is 5.09. The molecule has 1 unspecified atom stereocenters. The van der Waals surface area contributed by atoms with Crippen LogP contribution in [0.15, 0.2) is 29.1 Å². The Bertz CT molecular complexity index is 1260. The minimum absolute atomic E-state index is 0.0791. The molecule has 11 heteroatoms. The predicted octanol–water partition coefficient (Wildman–Crippen LogP) is 5.35. The summed E-state index contributed by atoms with van der Waals surface area (Å²) in [6, 6.07) is 5.56. The summed E-state index contributed by atoms with van der Waals surface area (Å²) in [5, 5.41) is 0.557. The Morgan fingerprint density at radius 3 is 2.55 bits per heavy atom. The first-order chi connectivity index (χ1) is 17.8. The fourth-order valence-electron chi connectivity index (χ4n) is 4.97. The average Bonchev–Trinajstić information content (AvgIpc) is 3.17. The lowest BCUT2D eigenvalue weighted by atomic mass is 9.90. The van der Waals surface area contributed by atoms with Crippen LogP contribution in [0.2, 0.25) is 5.02 Å². The standard InChI is InChI=1S/C27H33ClF2N4O4/c1-5-6-7-17-13-33(24(36)20-12-27(29,30)15-34(20)25(37)38-26(2,3)4)14-19-21(17)31-22(32-23(19)35)16-8-10-18(28)11-9-16/h8-11,17,20H,5-7,12-15H2,1-4H3,(H,31,32,35)/t17?,20-/m0/s1. The largest absolute Gasteiger partial charge is 0.444 e. The third-order valence-corrected chi connectivity index (χ3v) is 6.99. The van der Waals surface area contributed by atoms with Gasteiger partial charge in [-0.05, 0) is 51.5 Å². The Balaban J connectivity index is 1.65. The summed E-state index contributed by atoms with van der Waals surface area (Å²) in [5.74, 6) is -3.70. The molecule has 38 heavy (non-hydrogen) atoms. The average molecular weight is 551 g/mol. The van der Waals surface area contributed by atoms with E-state index in [9.17, 15) is 23.2 Å². The summed E-state index contributed by atoms with van der Waals surface area (Å²) in [5.41, 5.74) is 0.343. The SMILES string of the molecule is CCCCC1CN(C(=O)[C@@H]2CC(F)(F)CN2C(=O)OC(C)(C)C)Cc2c1nc(-c1ccc(Cl)cc1)[nH]c2=O. The van der Waals surface area contributed by atoms with E-state index < -0.39 is 42.5 Å². The van der Waals surface area contributed by atoms with Crippen LogP contribution >= 0.6 is 11.6 Å². The van der Waals surface area contributed by atoms with Crippen LogP contribution in [-0.4, -0.2) is 62.4 Å². The van der Waals surface area contributed by atoms with Crippen molar-refractivity contribution < 1.29 is 23.1 Å². The Kier molecular flexibility index (Phi) is 7.84. The number of ether oxygens (including phenoxy) is 1. The van der Waals surface area contributed by atoms with Crippen molar-refractivity contribution in [2.45, 2.75) is 83.4 Å². The van der Waals surface area contributed by atoms with Gasteiger partial charge in [0, 0.05) is 29.5 Å². The molecule has 3 heterocycles. The number of alkyl halides is 2. The van der Waals surface area contributed by atoms with Gasteiger partial charge in [0.15, 0.2) is 0 Å². The molecule has 2 aliphatic rings. The van der Waals surface area contributed by atoms with Gasteiger partial charge in [0.1, 0.15) is 17.5 Å². The highest BCUT2D eigenvalue weighted by molar-refractivity contribution is 6.30. The third kappa shape index (κ3) is 6.17. The molecule has 1 aromatic heterocycles. The van der Waals surface area contributed by atoms with Gasteiger partial charge >= 0.3 is 6.09 Å². The van der Waals surface area contributed by atoms with Crippen molar-refractivity contribution in [3.63, 3.8) is 0 Å². The van der Waals surface area contributed by atoms with E-state index in [2.05, 4.69) is 4.98 Å². The lowest BCUT2D eigenvalue weighted by molar-refractivity contribution is -0.137. The van der Waals surface area contributed by atoms with E-state index in [0.29, 0.717) is 34.1 Å². The summed E-state index contributed by atoms with van der Waals surface area (Å²) < 4.78 is 34.2. The van der Waals surface area contributed by atoms with Gasteiger partial charge in [-0.25, -0.2) is 18.6 Å². The van der Waals surface area contributed by atoms with E-state index in [1.54, 1.807) is 45.0 Å². The number of nitrogens with one attached hydrogen (secondary N) is 1. The normalized spacial score (nSPS) is 20.8. The molecule has 2 amide bonds. The van der Waals surface area contributed by atoms with Gasteiger partial charge in [0.2, 0.25) is 5.91 Å². The Hall–Kier alpha value is -3.01. The maximum Gasteiger partial charge on any atom is 0.411 e. The molecule has 0 aliphatic carbocycles. The van der Waals surface area contributed by atoms with Crippen molar-refractivity contribution >= 4 is 23.6 Å². The van der Waals surface area contributed by atoms with Crippen molar-refractivity contribution in [3.05, 3.63) is 50.9 Å². The number of carbonyl (C=O) groups excluding carboxylic acids is 2. The lowest BCUT2D eigenvalue weighted by Crippen LogP contribution is -2.51. The second-order valence-electron chi connectivity index (χ2n) is 11.0. The van der Waals surface area contributed by atoms with E-state index in [0.717, 1.165) is 17.7 Å². The quantitative estimate of drug-likeness (QED) is 0.541. The highest BCUT2D eigenvalue weighted by Crippen LogP contribution is 2.36. The van der Waals surface area contributed by atoms with Crippen molar-refractivity contribution in [1.29, 1.82) is 0 Å². The first-order valence-electron chi connectivity index (χ1n) is 12.8. The fraction of sp³-hybridized carbons (Fsp3) is 0.556. The third-order valence-electron chi connectivity index (χ3n) is 6.74. The molecule has 206 valence electrons. The number of nitrogens with zero attached hydrogens (tertiary/aromatic N) is 3. The number of aromatic amines is 1. The number of unbranched alkanes of at least 4 members (excludes halogenated alkanes) is 1. The second-order valence-corrected chi connectivity index (χ2v) is 11.5. The van der Waals surface area contributed by atoms with E-state index in [1.165, 1.54) is 4.90 Å². The minimum atomic E-state index is -3.22. The van der Waals surface area contributed by atoms with Gasteiger partial charge in [0.05, 0.1) is 24.3 Å². The number of benzene rings is 1. The maximum absolute atomic E-state index is 14.4. The monoisotopic (exact) mass is 550 g/mol. The second kappa shape index (κ2) is 10.6. The molecule has 1 aromatic carbocycles. The van der Waals surface area contributed by atoms with Crippen LogP contribution in [0.1, 0.15) is 70.6 Å². The van der Waals surface area contributed by atoms with Gasteiger partial charge in [-0.15, -0.1) is 0 Å². The molecule has 1 fully saturated rings. The predicted molar refractivity (Wildman–Crippen MR) is 139 cm³/mol. The zero-order valence-electron chi connectivity index (χ0n) is 22.0. The van der Waals surface area contributed by atoms with Crippen LogP contribution in [0.4, 0.5) is 13.6 Å². The van der Waals surface area contributed by atoms with Gasteiger partial charge in [-0.1, -0.05) is 31.4 Å². The zero-order chi connectivity index (χ0) is 27.8. The minimum Gasteiger partial charge on any atom is -0.444 e. The van der Waals surface area contributed by atoms with Gasteiger partial charge in [0.25, 0.3) is 11.5 Å². The number of hydrogen-bond acceptors (Lipinski definition) is 5. The molecular weight excluding hydrogens is 518 g/mol. The number of amides is 2. The lowest BCUT2D eigenvalue weighted by Gasteiger charge is -2.36. The molecule has 0 spiro atoms. The number of fused-ring (bicyclic) bond motifs is 1. The number of halogens is 3. The Morgan fingerprint density at radius 2 is 1.92 bits per heavy atom. The molecule has 2 aliphatic heterocycles. The number of hydrogen-bond donors (Lipinski definition) is 1. The summed E-state index contributed by atoms with van der Waals surface area (Å²) in [6.07, 6.45) is 0.648. The number of H-pyrrole nitrogens is 1. The smallest absolute Gasteiger partial charge is 0.411 e. The Labute approximate surface area is 225 Å². The van der Waals surface area contributed by atoms with Crippen molar-refractivity contribution in [2.75, 3.05) is 13.1 Å². The van der Waals surface area contributed by atoms with E-state index >= 15 is 0 Å². The van der Waals surface area contributed by atoms with E-state index in [4.69, 9.17) is 21.3 Å². The van der Waals surface area contributed by atoms with E-state index in [-0.39, 0.29) is 24.6 Å². The summed E-state index contributed by atoms with van der Waals surface area (Å²) in [7, 11) is 0. The van der Waals surface area contributed by atoms with Crippen LogP contribution in [0.25, 0.3) is 11.4 Å². The topological polar surface area (TPSA) is 95.6 Å². The Morgan fingerprint density at radius 1 is 1.24 bits per heavy atom. The maximum atomic E-state index is 14.4. The van der Waals surface area contributed by atoms with Crippen LogP contribution < -0.4 is 5.56 Å². The van der Waals surface area contributed by atoms with Crippen molar-refractivity contribution in [2.24, 2.45) is 0 Å². The molecule has 4 rings (SSSR count). The molecule has 0 radical (unpaired) electrons. The van der Waals surface area contributed by atoms with Crippen LogP contribution in [0, 0.1) is 0 Å². The molecule has 2 aromatic rings. The van der Waals surface area contributed by atoms with Gasteiger partial charge in [-0.2, -0.15) is 0 Å². The van der Waals surface area contributed by atoms with E-state index in [1.807, 2.05) is 6.92 Å². The molecule has 8 nitrogen and oxygen atoms in total. The van der Waals surface area contributed by atoms with Crippen LogP contribution in [0.5, 0.6) is 0 Å². The molecule has 1 N–H and O–H groups in total. The summed E-state index contributed by atoms with van der Waals surface area (Å²) in [4.78, 5) is 49.3. The molecule has 0 bridgehead atoms. The number of aromatic nitrogens is 2. The molecule has 1 saturated heterocycles. The molecule has 2 atom stereocenters. The zero-order valence-corrected chi connectivity index (χ0v) is 22.8. The highest BCUT2D eigenvalue weighted by atomic mass is 35.5. The van der Waals surface area contributed by atoms with Crippen molar-refractivity contribution in [3.8, 4) is 11.4 Å². The highest BCUT2D eigenvalue weighted by Gasteiger charge is 2.52. The molecular formula is C27H33ClF2N4O4. The van der Waals surface area contributed by atoms with Crippen LogP contribution in [-0.2, 0) is 16.1 Å². The van der Waals surface area contributed by atoms with Crippen molar-refractivity contribution in [1.82, 2.24) is 19.8 Å². The number of likely N-dealkylation sites (tertiary alicyclic amines) is 1. The van der Waals surface area contributed by atoms with Gasteiger partial charge < -0.3 is 14.6 Å². The first-order valence-corrected chi connectivity index (χ1v) is 13.2.